The van der Waals surface area contributed by atoms with Crippen LogP contribution in [0, 0.1) is 0 Å². The highest BCUT2D eigenvalue weighted by Crippen LogP contribution is 2.58. The molecule has 4 heteroatoms. The number of aromatic nitrogens is 1. The van der Waals surface area contributed by atoms with E-state index >= 15 is 0 Å². The normalized spacial score (nSPS) is 15.0. The summed E-state index contributed by atoms with van der Waals surface area (Å²) in [6.07, 6.45) is 4.42. The van der Waals surface area contributed by atoms with Crippen LogP contribution in [0.1, 0.15) is 103 Å². The van der Waals surface area contributed by atoms with Gasteiger partial charge in [-0.2, -0.15) is 0 Å². The molecule has 0 N–H and O–H groups in total. The Bertz CT molecular complexity index is 6580. The zero-order valence-electron chi connectivity index (χ0n) is 70.7. The van der Waals surface area contributed by atoms with Crippen LogP contribution in [-0.2, 0) is 21.7 Å². The lowest BCUT2D eigenvalue weighted by atomic mass is 9.33. The first-order chi connectivity index (χ1) is 59.5. The number of para-hydroxylation sites is 4. The molecule has 0 fully saturated rings. The summed E-state index contributed by atoms with van der Waals surface area (Å²) in [7, 11) is 0. The largest absolute Gasteiger partial charge is 0.310 e. The standard InChI is InChI=1S/C118H96BN3/c1-115(2)65-67-117(5,6)110-92(51-31-57-100(110)115)89-61-63-106-102(73-89)119-103-74-90(93-52-32-58-101-111(93)118(7,8)68-66-116(101,3)4)62-64-107(103)122(114-96(87-47-27-43-83(71-87)79-37-17-11-18-38-79)55-30-56-97(114)88-48-28-44-84(72-88)80-39-19-12-20-40-80)109-76-91(120-104-59-23-21-49-98(104)99-50-22-24-60-105(99)120)75-108(112(109)119)121(106)113-94(85-45-25-41-81(69-85)77-33-13-9-14-34-77)53-29-54-95(113)86-46-26-42-82(70-86)78-35-15-10-16-36-78/h9-64,69-76H,65-68H2,1-8H3. The molecule has 17 aromatic carbocycles. The van der Waals surface area contributed by atoms with Crippen LogP contribution in [-0.4, -0.2) is 11.3 Å². The quantitative estimate of drug-likeness (QED) is 0.107. The lowest BCUT2D eigenvalue weighted by Crippen LogP contribution is -2.61. The van der Waals surface area contributed by atoms with Crippen molar-refractivity contribution in [1.82, 2.24) is 4.57 Å². The molecule has 18 aromatic rings. The van der Waals surface area contributed by atoms with E-state index in [1.54, 1.807) is 0 Å². The van der Waals surface area contributed by atoms with Crippen LogP contribution in [0.15, 0.2) is 388 Å². The highest BCUT2D eigenvalue weighted by molar-refractivity contribution is 7.00. The van der Waals surface area contributed by atoms with Crippen LogP contribution in [0.5, 0.6) is 0 Å². The number of hydrogen-bond acceptors (Lipinski definition) is 2. The molecule has 22 rings (SSSR count). The number of nitrogens with zero attached hydrogens (tertiary/aromatic N) is 3. The minimum absolute atomic E-state index is 0.0209. The van der Waals surface area contributed by atoms with Crippen LogP contribution in [0.4, 0.5) is 34.1 Å². The van der Waals surface area contributed by atoms with Crippen LogP contribution < -0.4 is 26.2 Å². The lowest BCUT2D eigenvalue weighted by Gasteiger charge is -2.46. The van der Waals surface area contributed by atoms with Crippen LogP contribution in [0.3, 0.4) is 0 Å². The van der Waals surface area contributed by atoms with Crippen molar-refractivity contribution in [3.63, 3.8) is 0 Å². The van der Waals surface area contributed by atoms with Gasteiger partial charge in [0.1, 0.15) is 0 Å². The van der Waals surface area contributed by atoms with Crippen LogP contribution in [0.25, 0.3) is 139 Å². The average Bonchev–Trinajstić information content (AvgIpc) is 0.825. The highest BCUT2D eigenvalue weighted by Gasteiger charge is 2.48. The molecular weight excluding hydrogens is 1470 g/mol. The van der Waals surface area contributed by atoms with Gasteiger partial charge in [0.25, 0.3) is 6.71 Å². The summed E-state index contributed by atoms with van der Waals surface area (Å²) in [5, 5.41) is 2.41. The maximum atomic E-state index is 2.76. The molecule has 586 valence electrons. The molecule has 0 saturated heterocycles. The third-order valence-electron chi connectivity index (χ3n) is 27.8. The Morgan fingerprint density at radius 1 is 0.221 bits per heavy atom. The van der Waals surface area contributed by atoms with E-state index < -0.39 is 0 Å². The fourth-order valence-electron chi connectivity index (χ4n) is 21.6. The van der Waals surface area contributed by atoms with Gasteiger partial charge in [-0.25, -0.2) is 0 Å². The molecule has 3 heterocycles. The number of benzene rings is 17. The topological polar surface area (TPSA) is 11.4 Å². The minimum atomic E-state index is -0.338. The predicted octanol–water partition coefficient (Wildman–Crippen LogP) is 30.2. The molecule has 3 nitrogen and oxygen atoms in total. The van der Waals surface area contributed by atoms with Crippen molar-refractivity contribution in [2.45, 2.75) is 103 Å². The summed E-state index contributed by atoms with van der Waals surface area (Å²) >= 11 is 0. The number of rotatable bonds is 13. The summed E-state index contributed by atoms with van der Waals surface area (Å²) in [5.41, 5.74) is 42.6. The summed E-state index contributed by atoms with van der Waals surface area (Å²) in [5.74, 6) is 0. The molecule has 0 bridgehead atoms. The Morgan fingerprint density at radius 2 is 0.500 bits per heavy atom. The SMILES string of the molecule is CC1(C)CCC(C)(C)c2c(-c3ccc4c(c3)B3c5cc(-c6cccc7c6C(C)(C)CCC7(C)C)ccc5N(c5c(-c6cccc(-c7ccccc7)c6)cccc5-c5cccc(-c6ccccc6)c5)c5cc(-n6c7ccccc7c7ccccc76)cc(c53)N4c3c(-c4cccc(-c5ccccc5)c4)cccc3-c3cccc(-c4ccccc4)c3)cccc21. The second kappa shape index (κ2) is 29.0. The Labute approximate surface area is 718 Å². The Morgan fingerprint density at radius 3 is 0.852 bits per heavy atom. The maximum Gasteiger partial charge on any atom is 0.252 e. The fourth-order valence-corrected chi connectivity index (χ4v) is 21.6. The molecule has 2 aliphatic heterocycles. The monoisotopic (exact) mass is 1570 g/mol. The summed E-state index contributed by atoms with van der Waals surface area (Å²) in [6.45, 7) is 19.5. The van der Waals surface area contributed by atoms with Crippen LogP contribution >= 0.6 is 0 Å². The van der Waals surface area contributed by atoms with Gasteiger partial charge in [-0.1, -0.05) is 383 Å². The van der Waals surface area contributed by atoms with E-state index in [1.807, 2.05) is 0 Å². The van der Waals surface area contributed by atoms with Gasteiger partial charge in [-0.15, -0.1) is 0 Å². The van der Waals surface area contributed by atoms with Crippen molar-refractivity contribution in [1.29, 1.82) is 0 Å². The smallest absolute Gasteiger partial charge is 0.252 e. The van der Waals surface area contributed by atoms with Crippen molar-refractivity contribution < 1.29 is 0 Å². The molecule has 0 atom stereocenters. The van der Waals surface area contributed by atoms with E-state index in [0.717, 1.165) is 143 Å². The van der Waals surface area contributed by atoms with Gasteiger partial charge < -0.3 is 14.4 Å². The van der Waals surface area contributed by atoms with E-state index in [4.69, 9.17) is 0 Å². The molecule has 0 saturated carbocycles. The summed E-state index contributed by atoms with van der Waals surface area (Å²) in [6, 6.07) is 149. The first-order valence-corrected chi connectivity index (χ1v) is 43.7. The number of anilines is 6. The first-order valence-electron chi connectivity index (χ1n) is 43.7. The number of hydrogen-bond donors (Lipinski definition) is 0. The first kappa shape index (κ1) is 74.5. The Hall–Kier alpha value is -13.8. The van der Waals surface area contributed by atoms with Crippen molar-refractivity contribution in [2.24, 2.45) is 0 Å². The van der Waals surface area contributed by atoms with E-state index in [1.165, 1.54) is 93.9 Å². The van der Waals surface area contributed by atoms with Crippen molar-refractivity contribution in [3.05, 3.63) is 411 Å². The molecule has 0 spiro atoms. The van der Waals surface area contributed by atoms with Crippen LogP contribution in [0.2, 0.25) is 0 Å². The zero-order valence-corrected chi connectivity index (χ0v) is 70.7. The van der Waals surface area contributed by atoms with Gasteiger partial charge >= 0.3 is 0 Å². The van der Waals surface area contributed by atoms with Gasteiger partial charge in [-0.3, -0.25) is 0 Å². The molecule has 122 heavy (non-hydrogen) atoms. The van der Waals surface area contributed by atoms with E-state index in [2.05, 4.69) is 458 Å². The molecular formula is C118H96BN3. The molecule has 0 amide bonds. The molecule has 1 aromatic heterocycles. The summed E-state index contributed by atoms with van der Waals surface area (Å²) < 4.78 is 2.58. The average molecular weight is 1570 g/mol. The summed E-state index contributed by atoms with van der Waals surface area (Å²) in [4.78, 5) is 5.53. The van der Waals surface area contributed by atoms with Gasteiger partial charge in [0.15, 0.2) is 0 Å². The second-order valence-electron chi connectivity index (χ2n) is 37.1. The molecule has 0 radical (unpaired) electrons. The highest BCUT2D eigenvalue weighted by atomic mass is 15.2. The third kappa shape index (κ3) is 12.4. The van der Waals surface area contributed by atoms with Crippen molar-refractivity contribution in [2.75, 3.05) is 9.80 Å². The van der Waals surface area contributed by atoms with E-state index in [-0.39, 0.29) is 28.4 Å². The van der Waals surface area contributed by atoms with Gasteiger partial charge in [0.2, 0.25) is 0 Å². The molecule has 2 aliphatic carbocycles. The van der Waals surface area contributed by atoms with E-state index in [9.17, 15) is 0 Å². The van der Waals surface area contributed by atoms with Gasteiger partial charge in [0, 0.05) is 55.8 Å². The van der Waals surface area contributed by atoms with Gasteiger partial charge in [-0.05, 0) is 236 Å². The third-order valence-corrected chi connectivity index (χ3v) is 27.8. The Kier molecular flexibility index (Phi) is 17.7. The Balaban J connectivity index is 0.933. The van der Waals surface area contributed by atoms with E-state index in [0.29, 0.717) is 0 Å². The maximum absolute atomic E-state index is 2.76. The fraction of sp³-hybridized carbons (Fsp3) is 0.136. The minimum Gasteiger partial charge on any atom is -0.310 e. The number of fused-ring (bicyclic) bond motifs is 9. The zero-order chi connectivity index (χ0) is 82.3. The van der Waals surface area contributed by atoms with Gasteiger partial charge in [0.05, 0.1) is 28.1 Å². The second-order valence-corrected chi connectivity index (χ2v) is 37.1. The lowest BCUT2D eigenvalue weighted by molar-refractivity contribution is 0.333. The predicted molar refractivity (Wildman–Crippen MR) is 520 cm³/mol. The molecule has 0 unspecified atom stereocenters. The van der Waals surface area contributed by atoms with Crippen molar-refractivity contribution in [3.8, 4) is 117 Å². The van der Waals surface area contributed by atoms with Crippen molar-refractivity contribution >= 4 is 79.0 Å². The molecule has 4 aliphatic rings.